The van der Waals surface area contributed by atoms with E-state index in [-0.39, 0.29) is 5.41 Å². The van der Waals surface area contributed by atoms with Crippen LogP contribution < -0.4 is 0 Å². The van der Waals surface area contributed by atoms with E-state index >= 15 is 0 Å². The minimum absolute atomic E-state index is 0.289. The van der Waals surface area contributed by atoms with E-state index in [4.69, 9.17) is 0 Å². The third-order valence-electron chi connectivity index (χ3n) is 4.23. The van der Waals surface area contributed by atoms with Crippen LogP contribution in [0.25, 0.3) is 22.4 Å². The van der Waals surface area contributed by atoms with E-state index in [1.54, 1.807) is 0 Å². The van der Waals surface area contributed by atoms with Crippen LogP contribution >= 0.6 is 0 Å². The summed E-state index contributed by atoms with van der Waals surface area (Å²) in [4.78, 5) is 4.53. The van der Waals surface area contributed by atoms with Crippen molar-refractivity contribution in [2.45, 2.75) is 34.1 Å². The van der Waals surface area contributed by atoms with Crippen LogP contribution in [0.2, 0.25) is 0 Å². The molecule has 1 nitrogen and oxygen atoms in total. The van der Waals surface area contributed by atoms with E-state index in [0.717, 1.165) is 17.7 Å². The van der Waals surface area contributed by atoms with Crippen LogP contribution in [0.15, 0.2) is 66.9 Å². The molecular formula is C23H25N. The Bertz CT molecular complexity index is 826. The van der Waals surface area contributed by atoms with Gasteiger partial charge in [-0.1, -0.05) is 69.3 Å². The number of hydrogen-bond donors (Lipinski definition) is 0. The predicted octanol–water partition coefficient (Wildman–Crippen LogP) is 6.31. The van der Waals surface area contributed by atoms with Crippen LogP contribution in [-0.2, 0) is 6.42 Å². The van der Waals surface area contributed by atoms with Crippen LogP contribution in [0.1, 0.15) is 31.9 Å². The van der Waals surface area contributed by atoms with Gasteiger partial charge in [0.15, 0.2) is 0 Å². The zero-order valence-electron chi connectivity index (χ0n) is 15.0. The van der Waals surface area contributed by atoms with Crippen molar-refractivity contribution < 1.29 is 0 Å². The average molecular weight is 315 g/mol. The number of aryl methyl sites for hydroxylation is 1. The van der Waals surface area contributed by atoms with Gasteiger partial charge in [0.1, 0.15) is 0 Å². The normalized spacial score (nSPS) is 11.5. The Kier molecular flexibility index (Phi) is 4.53. The van der Waals surface area contributed by atoms with Gasteiger partial charge in [-0.25, -0.2) is 0 Å². The van der Waals surface area contributed by atoms with Crippen LogP contribution in [0, 0.1) is 12.3 Å². The lowest BCUT2D eigenvalue weighted by Crippen LogP contribution is -2.10. The molecular weight excluding hydrogens is 290 g/mol. The first kappa shape index (κ1) is 16.4. The van der Waals surface area contributed by atoms with Crippen LogP contribution in [0.5, 0.6) is 0 Å². The van der Waals surface area contributed by atoms with Crippen molar-refractivity contribution >= 4 is 0 Å². The van der Waals surface area contributed by atoms with E-state index in [1.807, 2.05) is 12.3 Å². The molecule has 0 aliphatic carbocycles. The van der Waals surface area contributed by atoms with E-state index < -0.39 is 0 Å². The fraction of sp³-hybridized carbons (Fsp3) is 0.261. The average Bonchev–Trinajstić information content (AvgIpc) is 2.57. The Hall–Kier alpha value is -2.41. The molecule has 3 aromatic rings. The lowest BCUT2D eigenvalue weighted by atomic mass is 9.85. The molecule has 0 atom stereocenters. The molecule has 0 aliphatic heterocycles. The summed E-state index contributed by atoms with van der Waals surface area (Å²) in [5.41, 5.74) is 7.74. The quantitative estimate of drug-likeness (QED) is 0.551. The van der Waals surface area contributed by atoms with Gasteiger partial charge in [0.2, 0.25) is 0 Å². The fourth-order valence-corrected chi connectivity index (χ4v) is 2.99. The molecule has 0 aliphatic rings. The number of hydrogen-bond acceptors (Lipinski definition) is 1. The monoisotopic (exact) mass is 315 g/mol. The molecule has 0 amide bonds. The van der Waals surface area contributed by atoms with Crippen LogP contribution in [-0.4, -0.2) is 4.98 Å². The number of pyridine rings is 1. The number of aromatic nitrogens is 1. The Morgan fingerprint density at radius 3 is 2.21 bits per heavy atom. The second kappa shape index (κ2) is 6.60. The van der Waals surface area contributed by atoms with Gasteiger partial charge in [-0.15, -0.1) is 0 Å². The van der Waals surface area contributed by atoms with Crippen molar-refractivity contribution in [1.29, 1.82) is 0 Å². The fourth-order valence-electron chi connectivity index (χ4n) is 2.99. The van der Waals surface area contributed by atoms with Crippen LogP contribution in [0.3, 0.4) is 0 Å². The summed E-state index contributed by atoms with van der Waals surface area (Å²) < 4.78 is 0. The smallest absolute Gasteiger partial charge is 0.0708 e. The van der Waals surface area contributed by atoms with Crippen molar-refractivity contribution in [3.63, 3.8) is 0 Å². The molecule has 122 valence electrons. The van der Waals surface area contributed by atoms with Crippen molar-refractivity contribution in [2.75, 3.05) is 0 Å². The molecule has 0 radical (unpaired) electrons. The summed E-state index contributed by atoms with van der Waals surface area (Å²) in [6, 6.07) is 21.4. The summed E-state index contributed by atoms with van der Waals surface area (Å²) in [5, 5.41) is 0. The second-order valence-electron chi connectivity index (χ2n) is 7.67. The Labute approximate surface area is 145 Å². The first-order chi connectivity index (χ1) is 11.4. The zero-order chi connectivity index (χ0) is 17.2. The van der Waals surface area contributed by atoms with Gasteiger partial charge in [-0.05, 0) is 53.1 Å². The summed E-state index contributed by atoms with van der Waals surface area (Å²) >= 11 is 0. The molecule has 0 saturated heterocycles. The van der Waals surface area contributed by atoms with Gasteiger partial charge < -0.3 is 0 Å². The van der Waals surface area contributed by atoms with Crippen LogP contribution in [0.4, 0.5) is 0 Å². The number of benzene rings is 2. The van der Waals surface area contributed by atoms with Gasteiger partial charge >= 0.3 is 0 Å². The Morgan fingerprint density at radius 2 is 1.50 bits per heavy atom. The lowest BCUT2D eigenvalue weighted by Gasteiger charge is -2.20. The van der Waals surface area contributed by atoms with Gasteiger partial charge in [0.25, 0.3) is 0 Å². The van der Waals surface area contributed by atoms with E-state index in [0.29, 0.717) is 0 Å². The molecule has 0 bridgehead atoms. The van der Waals surface area contributed by atoms with E-state index in [9.17, 15) is 0 Å². The molecule has 0 fully saturated rings. The summed E-state index contributed by atoms with van der Waals surface area (Å²) in [5.74, 6) is 0. The van der Waals surface area contributed by atoms with Crippen molar-refractivity contribution in [3.05, 3.63) is 78.0 Å². The van der Waals surface area contributed by atoms with Gasteiger partial charge in [0.05, 0.1) is 5.69 Å². The standard InChI is InChI=1S/C23H25N/c1-17-10-11-19(14-21(17)16-23(2,3)4)20-12-13-24-22(15-20)18-8-6-5-7-9-18/h5-15H,16H2,1-4H3. The third-order valence-corrected chi connectivity index (χ3v) is 4.23. The Balaban J connectivity index is 1.99. The SMILES string of the molecule is Cc1ccc(-c2ccnc(-c3ccccc3)c2)cc1CC(C)(C)C. The highest BCUT2D eigenvalue weighted by Crippen LogP contribution is 2.29. The second-order valence-corrected chi connectivity index (χ2v) is 7.67. The molecule has 1 heteroatoms. The van der Waals surface area contributed by atoms with Crippen molar-refractivity contribution in [3.8, 4) is 22.4 Å². The summed E-state index contributed by atoms with van der Waals surface area (Å²) in [7, 11) is 0. The predicted molar refractivity (Wildman–Crippen MR) is 103 cm³/mol. The maximum atomic E-state index is 4.53. The largest absolute Gasteiger partial charge is 0.256 e. The lowest BCUT2D eigenvalue weighted by molar-refractivity contribution is 0.410. The molecule has 0 unspecified atom stereocenters. The van der Waals surface area contributed by atoms with Gasteiger partial charge in [-0.2, -0.15) is 0 Å². The maximum absolute atomic E-state index is 4.53. The first-order valence-electron chi connectivity index (χ1n) is 8.54. The molecule has 0 spiro atoms. The molecule has 24 heavy (non-hydrogen) atoms. The maximum Gasteiger partial charge on any atom is 0.0708 e. The molecule has 2 aromatic carbocycles. The third kappa shape index (κ3) is 3.91. The highest BCUT2D eigenvalue weighted by molar-refractivity contribution is 5.71. The topological polar surface area (TPSA) is 12.9 Å². The number of rotatable bonds is 3. The minimum Gasteiger partial charge on any atom is -0.256 e. The highest BCUT2D eigenvalue weighted by atomic mass is 14.7. The highest BCUT2D eigenvalue weighted by Gasteiger charge is 2.14. The molecule has 0 saturated carbocycles. The van der Waals surface area contributed by atoms with Crippen molar-refractivity contribution in [1.82, 2.24) is 4.98 Å². The summed E-state index contributed by atoms with van der Waals surface area (Å²) in [6.07, 6.45) is 2.99. The molecule has 0 N–H and O–H groups in total. The van der Waals surface area contributed by atoms with Gasteiger partial charge in [-0.3, -0.25) is 4.98 Å². The van der Waals surface area contributed by atoms with E-state index in [2.05, 4.69) is 87.3 Å². The molecule has 1 aromatic heterocycles. The first-order valence-corrected chi connectivity index (χ1v) is 8.54. The minimum atomic E-state index is 0.289. The molecule has 1 heterocycles. The Morgan fingerprint density at radius 1 is 0.792 bits per heavy atom. The summed E-state index contributed by atoms with van der Waals surface area (Å²) in [6.45, 7) is 9.07. The van der Waals surface area contributed by atoms with Crippen molar-refractivity contribution in [2.24, 2.45) is 5.41 Å². The molecule has 3 rings (SSSR count). The number of nitrogens with zero attached hydrogens (tertiary/aromatic N) is 1. The van der Waals surface area contributed by atoms with E-state index in [1.165, 1.54) is 22.3 Å². The zero-order valence-corrected chi connectivity index (χ0v) is 15.0. The van der Waals surface area contributed by atoms with Gasteiger partial charge in [0, 0.05) is 11.8 Å².